The van der Waals surface area contributed by atoms with E-state index in [-0.39, 0.29) is 11.0 Å². The molecule has 0 saturated heterocycles. The fourth-order valence-electron chi connectivity index (χ4n) is 1.15. The molecule has 20 heavy (non-hydrogen) atoms. The van der Waals surface area contributed by atoms with Crippen molar-refractivity contribution in [2.24, 2.45) is 5.41 Å². The molecule has 0 spiro atoms. The average molecular weight is 314 g/mol. The summed E-state index contributed by atoms with van der Waals surface area (Å²) in [5, 5.41) is 2.82. The highest BCUT2D eigenvalue weighted by atomic mass is 35.5. The third-order valence-electron chi connectivity index (χ3n) is 2.32. The molecule has 0 aliphatic carbocycles. The summed E-state index contributed by atoms with van der Waals surface area (Å²) in [5.74, 6) is -0.690. The molecule has 0 aliphatic rings. The van der Waals surface area contributed by atoms with Crippen LogP contribution in [0.3, 0.4) is 0 Å². The van der Waals surface area contributed by atoms with E-state index in [9.17, 15) is 9.59 Å². The van der Waals surface area contributed by atoms with Gasteiger partial charge >= 0.3 is 0 Å². The normalized spacial score (nSPS) is 10.6. The van der Waals surface area contributed by atoms with Crippen LogP contribution in [0, 0.1) is 5.41 Å². The van der Waals surface area contributed by atoms with Gasteiger partial charge in [-0.25, -0.2) is 0 Å². The first-order valence-corrected chi connectivity index (χ1v) is 6.66. The molecular weight excluding hydrogens is 298 g/mol. The van der Waals surface area contributed by atoms with Gasteiger partial charge in [0.15, 0.2) is 5.11 Å². The topological polar surface area (TPSA) is 70.2 Å². The molecular formula is C13H16ClN3O2S. The molecule has 108 valence electrons. The van der Waals surface area contributed by atoms with Crippen molar-refractivity contribution in [2.45, 2.75) is 20.8 Å². The van der Waals surface area contributed by atoms with Gasteiger partial charge in [-0.1, -0.05) is 44.5 Å². The molecule has 0 atom stereocenters. The monoisotopic (exact) mass is 313 g/mol. The van der Waals surface area contributed by atoms with E-state index in [1.165, 1.54) is 0 Å². The minimum absolute atomic E-state index is 0.0188. The maximum Gasteiger partial charge on any atom is 0.271 e. The van der Waals surface area contributed by atoms with Gasteiger partial charge in [-0.15, -0.1) is 0 Å². The Hall–Kier alpha value is -1.66. The number of carbonyl (C=O) groups is 2. The van der Waals surface area contributed by atoms with Crippen LogP contribution in [0.1, 0.15) is 31.1 Å². The molecule has 0 aliphatic heterocycles. The Labute approximate surface area is 128 Å². The van der Waals surface area contributed by atoms with Gasteiger partial charge in [0.1, 0.15) is 0 Å². The number of hydrazine groups is 1. The molecule has 2 amide bonds. The van der Waals surface area contributed by atoms with Gasteiger partial charge in [-0.2, -0.15) is 0 Å². The average Bonchev–Trinajstić information content (AvgIpc) is 2.35. The minimum atomic E-state index is -0.571. The highest BCUT2D eigenvalue weighted by Crippen LogP contribution is 2.14. The summed E-state index contributed by atoms with van der Waals surface area (Å²) in [5.41, 5.74) is 4.56. The van der Waals surface area contributed by atoms with Crippen LogP contribution in [0.4, 0.5) is 0 Å². The lowest BCUT2D eigenvalue weighted by Gasteiger charge is -2.18. The molecule has 1 aromatic rings. The Morgan fingerprint density at radius 2 is 1.75 bits per heavy atom. The quantitative estimate of drug-likeness (QED) is 0.548. The number of hydrogen-bond acceptors (Lipinski definition) is 3. The fraction of sp³-hybridized carbons (Fsp3) is 0.308. The Balaban J connectivity index is 2.52. The van der Waals surface area contributed by atoms with Crippen LogP contribution in [-0.4, -0.2) is 16.9 Å². The van der Waals surface area contributed by atoms with Crippen molar-refractivity contribution >= 4 is 40.7 Å². The Morgan fingerprint density at radius 1 is 1.15 bits per heavy atom. The summed E-state index contributed by atoms with van der Waals surface area (Å²) in [6, 6.07) is 6.60. The van der Waals surface area contributed by atoms with Crippen molar-refractivity contribution in [3.63, 3.8) is 0 Å². The van der Waals surface area contributed by atoms with Crippen molar-refractivity contribution in [1.29, 1.82) is 0 Å². The Bertz CT molecular complexity index is 541. The predicted octanol–water partition coefficient (Wildman–Crippen LogP) is 2.02. The zero-order valence-electron chi connectivity index (χ0n) is 11.4. The number of carbonyl (C=O) groups excluding carboxylic acids is 2. The molecule has 0 unspecified atom stereocenters. The number of rotatable bonds is 1. The maximum atomic E-state index is 11.8. The number of hydrogen-bond donors (Lipinski definition) is 3. The van der Waals surface area contributed by atoms with E-state index in [0.29, 0.717) is 10.6 Å². The fourth-order valence-corrected chi connectivity index (χ4v) is 1.51. The van der Waals surface area contributed by atoms with E-state index in [1.54, 1.807) is 45.0 Å². The maximum absolute atomic E-state index is 11.8. The van der Waals surface area contributed by atoms with Crippen LogP contribution in [0.2, 0.25) is 5.02 Å². The van der Waals surface area contributed by atoms with Crippen LogP contribution in [-0.2, 0) is 4.79 Å². The van der Waals surface area contributed by atoms with Crippen molar-refractivity contribution < 1.29 is 9.59 Å². The zero-order valence-corrected chi connectivity index (χ0v) is 13.0. The van der Waals surface area contributed by atoms with Gasteiger partial charge in [0, 0.05) is 5.41 Å². The highest BCUT2D eigenvalue weighted by molar-refractivity contribution is 7.80. The van der Waals surface area contributed by atoms with Crippen LogP contribution in [0.5, 0.6) is 0 Å². The van der Waals surface area contributed by atoms with Crippen LogP contribution >= 0.6 is 23.8 Å². The van der Waals surface area contributed by atoms with E-state index in [1.807, 2.05) is 0 Å². The van der Waals surface area contributed by atoms with Crippen LogP contribution in [0.25, 0.3) is 0 Å². The number of nitrogens with one attached hydrogen (secondary N) is 3. The minimum Gasteiger partial charge on any atom is -0.301 e. The summed E-state index contributed by atoms with van der Waals surface area (Å²) in [6.07, 6.45) is 0. The smallest absolute Gasteiger partial charge is 0.271 e. The molecule has 1 aromatic carbocycles. The largest absolute Gasteiger partial charge is 0.301 e. The van der Waals surface area contributed by atoms with Crippen molar-refractivity contribution in [3.8, 4) is 0 Å². The summed E-state index contributed by atoms with van der Waals surface area (Å²) < 4.78 is 0. The standard InChI is InChI=1S/C13H16ClN3O2S/c1-13(2,3)11(19)15-12(20)17-16-10(18)8-6-4-5-7-9(8)14/h4-7H,1-3H3,(H,16,18)(H2,15,17,19,20). The van der Waals surface area contributed by atoms with E-state index >= 15 is 0 Å². The number of halogens is 1. The summed E-state index contributed by atoms with van der Waals surface area (Å²) in [4.78, 5) is 23.5. The third-order valence-corrected chi connectivity index (χ3v) is 2.85. The van der Waals surface area contributed by atoms with E-state index in [4.69, 9.17) is 23.8 Å². The molecule has 0 heterocycles. The molecule has 0 fully saturated rings. The second-order valence-electron chi connectivity index (χ2n) is 5.09. The Morgan fingerprint density at radius 3 is 2.30 bits per heavy atom. The highest BCUT2D eigenvalue weighted by Gasteiger charge is 2.22. The Kier molecular flexibility index (Phi) is 5.47. The lowest BCUT2D eigenvalue weighted by Crippen LogP contribution is -2.50. The van der Waals surface area contributed by atoms with Gasteiger partial charge in [-0.3, -0.25) is 20.4 Å². The number of amides is 2. The summed E-state index contributed by atoms with van der Waals surface area (Å²) in [6.45, 7) is 5.27. The summed E-state index contributed by atoms with van der Waals surface area (Å²) in [7, 11) is 0. The molecule has 5 nitrogen and oxygen atoms in total. The van der Waals surface area contributed by atoms with Crippen molar-refractivity contribution in [3.05, 3.63) is 34.9 Å². The van der Waals surface area contributed by atoms with Crippen LogP contribution in [0.15, 0.2) is 24.3 Å². The van der Waals surface area contributed by atoms with Gasteiger partial charge in [0.05, 0.1) is 10.6 Å². The first kappa shape index (κ1) is 16.4. The lowest BCUT2D eigenvalue weighted by atomic mass is 9.96. The first-order chi connectivity index (χ1) is 9.21. The second-order valence-corrected chi connectivity index (χ2v) is 5.91. The molecule has 0 bridgehead atoms. The van der Waals surface area contributed by atoms with Gasteiger partial charge < -0.3 is 5.32 Å². The first-order valence-electron chi connectivity index (χ1n) is 5.88. The van der Waals surface area contributed by atoms with Crippen LogP contribution < -0.4 is 16.2 Å². The third kappa shape index (κ3) is 4.79. The van der Waals surface area contributed by atoms with Crippen molar-refractivity contribution in [2.75, 3.05) is 0 Å². The molecule has 0 saturated carbocycles. The van der Waals surface area contributed by atoms with E-state index < -0.39 is 11.3 Å². The summed E-state index contributed by atoms with van der Waals surface area (Å²) >= 11 is 10.8. The number of benzene rings is 1. The SMILES string of the molecule is CC(C)(C)C(=O)NC(=S)NNC(=O)c1ccccc1Cl. The molecule has 0 radical (unpaired) electrons. The molecule has 7 heteroatoms. The van der Waals surface area contributed by atoms with Gasteiger partial charge in [0.25, 0.3) is 5.91 Å². The second kappa shape index (κ2) is 6.67. The lowest BCUT2D eigenvalue weighted by molar-refractivity contribution is -0.126. The zero-order chi connectivity index (χ0) is 15.3. The number of thiocarbonyl (C=S) groups is 1. The van der Waals surface area contributed by atoms with Crippen molar-refractivity contribution in [1.82, 2.24) is 16.2 Å². The van der Waals surface area contributed by atoms with E-state index in [0.717, 1.165) is 0 Å². The molecule has 3 N–H and O–H groups in total. The molecule has 1 rings (SSSR count). The predicted molar refractivity (Wildman–Crippen MR) is 82.2 cm³/mol. The molecule has 0 aromatic heterocycles. The van der Waals surface area contributed by atoms with Gasteiger partial charge in [0.2, 0.25) is 5.91 Å². The van der Waals surface area contributed by atoms with Gasteiger partial charge in [-0.05, 0) is 24.4 Å². The van der Waals surface area contributed by atoms with E-state index in [2.05, 4.69) is 16.2 Å².